The molecule has 0 saturated carbocycles. The number of carboxylic acids is 1. The van der Waals surface area contributed by atoms with Crippen LogP contribution in [0.4, 0.5) is 4.79 Å². The van der Waals surface area contributed by atoms with E-state index in [1.54, 1.807) is 0 Å². The van der Waals surface area contributed by atoms with E-state index in [2.05, 4.69) is 5.32 Å². The second-order valence-corrected chi connectivity index (χ2v) is 6.89. The molecule has 0 spiro atoms. The number of aliphatic carboxylic acids is 1. The third-order valence-electron chi connectivity index (χ3n) is 4.13. The van der Waals surface area contributed by atoms with Crippen LogP contribution < -0.4 is 5.32 Å². The Balaban J connectivity index is 1.77. The van der Waals surface area contributed by atoms with Crippen molar-refractivity contribution in [2.45, 2.75) is 19.4 Å². The average Bonchev–Trinajstić information content (AvgIpc) is 2.86. The van der Waals surface area contributed by atoms with Crippen LogP contribution >= 0.6 is 0 Å². The second kappa shape index (κ2) is 20.3. The van der Waals surface area contributed by atoms with Crippen LogP contribution in [0.1, 0.15) is 18.4 Å². The van der Waals surface area contributed by atoms with Crippen molar-refractivity contribution in [3.8, 4) is 0 Å². The molecule has 0 fully saturated rings. The summed E-state index contributed by atoms with van der Waals surface area (Å²) in [4.78, 5) is 44.0. The van der Waals surface area contributed by atoms with Gasteiger partial charge < -0.3 is 38.8 Å². The van der Waals surface area contributed by atoms with Crippen LogP contribution in [0.2, 0.25) is 0 Å². The number of carbonyl (C=O) groups is 4. The summed E-state index contributed by atoms with van der Waals surface area (Å²) in [5.41, 5.74) is 0.915. The number of rotatable bonds is 21. The third kappa shape index (κ3) is 18.0. The Labute approximate surface area is 203 Å². The number of ketones is 1. The maximum Gasteiger partial charge on any atom is 0.407 e. The highest BCUT2D eigenvalue weighted by molar-refractivity contribution is 6.32. The Morgan fingerprint density at radius 2 is 1.23 bits per heavy atom. The van der Waals surface area contributed by atoms with Crippen molar-refractivity contribution >= 4 is 23.8 Å². The van der Waals surface area contributed by atoms with E-state index < -0.39 is 23.8 Å². The molecule has 0 heterocycles. The Bertz CT molecular complexity index is 742. The number of nitrogens with one attached hydrogen (secondary N) is 1. The molecule has 0 aliphatic rings. The van der Waals surface area contributed by atoms with Crippen LogP contribution in [0.25, 0.3) is 0 Å². The lowest BCUT2D eigenvalue weighted by Gasteiger charge is -2.09. The van der Waals surface area contributed by atoms with Gasteiger partial charge in [0.15, 0.2) is 0 Å². The molecule has 12 heteroatoms. The Hall–Kier alpha value is -3.06. The van der Waals surface area contributed by atoms with Crippen molar-refractivity contribution in [3.63, 3.8) is 0 Å². The van der Waals surface area contributed by atoms with Crippen LogP contribution in [0, 0.1) is 0 Å². The molecule has 0 bridgehead atoms. The fourth-order valence-electron chi connectivity index (χ4n) is 2.37. The van der Waals surface area contributed by atoms with Gasteiger partial charge in [-0.2, -0.15) is 0 Å². The molecule has 35 heavy (non-hydrogen) atoms. The number of hydrogen-bond acceptors (Lipinski definition) is 10. The molecule has 1 aromatic carbocycles. The fourth-order valence-corrected chi connectivity index (χ4v) is 2.37. The summed E-state index contributed by atoms with van der Waals surface area (Å²) in [5, 5.41) is 11.0. The zero-order valence-corrected chi connectivity index (χ0v) is 19.6. The minimum Gasteiger partial charge on any atom is -0.476 e. The standard InChI is InChI=1S/C23H33NO11/c25-20(22(27)28)6-7-21(26)34-17-16-33-15-14-32-13-12-31-11-10-30-9-8-24-23(29)35-18-19-4-2-1-3-5-19/h1-5H,6-18H2,(H,24,29)(H,27,28). The van der Waals surface area contributed by atoms with E-state index in [0.29, 0.717) is 52.8 Å². The van der Waals surface area contributed by atoms with Crippen molar-refractivity contribution in [1.82, 2.24) is 5.32 Å². The number of ether oxygens (including phenoxy) is 6. The maximum atomic E-state index is 11.6. The first-order chi connectivity index (χ1) is 17.0. The van der Waals surface area contributed by atoms with E-state index in [-0.39, 0.29) is 32.7 Å². The molecule has 0 saturated heterocycles. The largest absolute Gasteiger partial charge is 0.476 e. The maximum absolute atomic E-state index is 11.6. The van der Waals surface area contributed by atoms with Gasteiger partial charge in [-0.15, -0.1) is 0 Å². The van der Waals surface area contributed by atoms with Crippen molar-refractivity contribution in [2.75, 3.05) is 66.0 Å². The summed E-state index contributed by atoms with van der Waals surface area (Å²) >= 11 is 0. The monoisotopic (exact) mass is 499 g/mol. The quantitative estimate of drug-likeness (QED) is 0.141. The highest BCUT2D eigenvalue weighted by Gasteiger charge is 2.14. The van der Waals surface area contributed by atoms with Gasteiger partial charge in [0.05, 0.1) is 59.3 Å². The van der Waals surface area contributed by atoms with Gasteiger partial charge >= 0.3 is 18.0 Å². The number of carboxylic acid groups (broad SMARTS) is 1. The fraction of sp³-hybridized carbons (Fsp3) is 0.565. The lowest BCUT2D eigenvalue weighted by molar-refractivity contribution is -0.151. The predicted octanol–water partition coefficient (Wildman–Crippen LogP) is 0.956. The van der Waals surface area contributed by atoms with Crippen molar-refractivity contribution < 1.29 is 52.7 Å². The van der Waals surface area contributed by atoms with Crippen LogP contribution in [-0.4, -0.2) is 94.9 Å². The number of carbonyl (C=O) groups excluding carboxylic acids is 3. The van der Waals surface area contributed by atoms with Gasteiger partial charge in [0, 0.05) is 13.0 Å². The minimum absolute atomic E-state index is 0.00754. The van der Waals surface area contributed by atoms with Crippen LogP contribution in [0.3, 0.4) is 0 Å². The Kier molecular flexibility index (Phi) is 17.4. The highest BCUT2D eigenvalue weighted by atomic mass is 16.6. The Morgan fingerprint density at radius 3 is 1.80 bits per heavy atom. The summed E-state index contributed by atoms with van der Waals surface area (Å²) in [6, 6.07) is 9.40. The summed E-state index contributed by atoms with van der Waals surface area (Å²) < 4.78 is 31.1. The number of benzene rings is 1. The molecule has 0 aromatic heterocycles. The summed E-state index contributed by atoms with van der Waals surface area (Å²) in [5.74, 6) is -3.25. The highest BCUT2D eigenvalue weighted by Crippen LogP contribution is 2.00. The van der Waals surface area contributed by atoms with E-state index in [9.17, 15) is 19.2 Å². The van der Waals surface area contributed by atoms with Gasteiger partial charge in [-0.1, -0.05) is 30.3 Å². The minimum atomic E-state index is -1.57. The first-order valence-corrected chi connectivity index (χ1v) is 11.2. The van der Waals surface area contributed by atoms with Crippen LogP contribution in [0.5, 0.6) is 0 Å². The van der Waals surface area contributed by atoms with E-state index in [1.807, 2.05) is 30.3 Å². The van der Waals surface area contributed by atoms with E-state index in [0.717, 1.165) is 5.56 Å². The molecule has 0 atom stereocenters. The topological polar surface area (TPSA) is 156 Å². The SMILES string of the molecule is O=C(CCC(=O)C(=O)O)OCCOCCOCCOCCOCCNC(=O)OCc1ccccc1. The van der Waals surface area contributed by atoms with Gasteiger partial charge in [0.2, 0.25) is 5.78 Å². The summed E-state index contributed by atoms with van der Waals surface area (Å²) in [7, 11) is 0. The molecule has 196 valence electrons. The zero-order chi connectivity index (χ0) is 25.6. The summed E-state index contributed by atoms with van der Waals surface area (Å²) in [6.07, 6.45) is -1.16. The molecule has 0 unspecified atom stereocenters. The van der Waals surface area contributed by atoms with Crippen molar-refractivity contribution in [2.24, 2.45) is 0 Å². The number of alkyl carbamates (subject to hydrolysis) is 1. The van der Waals surface area contributed by atoms with Gasteiger partial charge in [-0.3, -0.25) is 9.59 Å². The van der Waals surface area contributed by atoms with E-state index in [4.69, 9.17) is 33.5 Å². The van der Waals surface area contributed by atoms with E-state index >= 15 is 0 Å². The van der Waals surface area contributed by atoms with Gasteiger partial charge in [0.1, 0.15) is 13.2 Å². The molecule has 0 aliphatic carbocycles. The predicted molar refractivity (Wildman–Crippen MR) is 121 cm³/mol. The smallest absolute Gasteiger partial charge is 0.407 e. The lowest BCUT2D eigenvalue weighted by atomic mass is 10.2. The van der Waals surface area contributed by atoms with E-state index in [1.165, 1.54) is 0 Å². The lowest BCUT2D eigenvalue weighted by Crippen LogP contribution is -2.28. The molecule has 1 rings (SSSR count). The van der Waals surface area contributed by atoms with Gasteiger partial charge in [0.25, 0.3) is 0 Å². The van der Waals surface area contributed by atoms with Crippen molar-refractivity contribution in [3.05, 3.63) is 35.9 Å². The molecule has 1 amide bonds. The van der Waals surface area contributed by atoms with Crippen LogP contribution in [-0.2, 0) is 49.4 Å². The van der Waals surface area contributed by atoms with Crippen molar-refractivity contribution in [1.29, 1.82) is 0 Å². The first-order valence-electron chi connectivity index (χ1n) is 11.2. The molecule has 0 aliphatic heterocycles. The number of esters is 1. The molecule has 2 N–H and O–H groups in total. The second-order valence-electron chi connectivity index (χ2n) is 6.89. The number of hydrogen-bond donors (Lipinski definition) is 2. The summed E-state index contributed by atoms with van der Waals surface area (Å²) in [6.45, 7) is 3.24. The zero-order valence-electron chi connectivity index (χ0n) is 19.6. The van der Waals surface area contributed by atoms with Gasteiger partial charge in [-0.25, -0.2) is 9.59 Å². The normalized spacial score (nSPS) is 10.5. The number of Topliss-reactive ketones (excluding diaryl/α,β-unsaturated/α-hetero) is 1. The molecule has 12 nitrogen and oxygen atoms in total. The average molecular weight is 500 g/mol. The van der Waals surface area contributed by atoms with Crippen LogP contribution in [0.15, 0.2) is 30.3 Å². The molecule has 1 aromatic rings. The Morgan fingerprint density at radius 1 is 0.686 bits per heavy atom. The van der Waals surface area contributed by atoms with Gasteiger partial charge in [-0.05, 0) is 5.56 Å². The first kappa shape index (κ1) is 30.0. The molecular weight excluding hydrogens is 466 g/mol. The molecule has 0 radical (unpaired) electrons. The third-order valence-corrected chi connectivity index (χ3v) is 4.13. The molecular formula is C23H33NO11. The number of amides is 1.